The molecule has 4 rings (SSSR count). The fourth-order valence-electron chi connectivity index (χ4n) is 3.77. The molecular weight excluding hydrogens is 296 g/mol. The lowest BCUT2D eigenvalue weighted by molar-refractivity contribution is -0.118. The zero-order valence-electron chi connectivity index (χ0n) is 13.5. The van der Waals surface area contributed by atoms with E-state index in [9.17, 15) is 9.59 Å². The lowest BCUT2D eigenvalue weighted by Crippen LogP contribution is -2.06. The SMILES string of the molecule is CC(=O)[C@@H]1[C@H](C(=O)c2ccc3ccccc3c2)[C@H]1c1ccccc1. The van der Waals surface area contributed by atoms with E-state index < -0.39 is 0 Å². The summed E-state index contributed by atoms with van der Waals surface area (Å²) in [5.74, 6) is -0.224. The first-order chi connectivity index (χ1) is 11.7. The average molecular weight is 314 g/mol. The summed E-state index contributed by atoms with van der Waals surface area (Å²) in [5.41, 5.74) is 1.78. The molecule has 3 aromatic rings. The largest absolute Gasteiger partial charge is 0.300 e. The van der Waals surface area contributed by atoms with Crippen molar-refractivity contribution < 1.29 is 9.59 Å². The number of hydrogen-bond acceptors (Lipinski definition) is 2. The highest BCUT2D eigenvalue weighted by atomic mass is 16.1. The Bertz CT molecular complexity index is 927. The van der Waals surface area contributed by atoms with Crippen LogP contribution in [0.5, 0.6) is 0 Å². The van der Waals surface area contributed by atoms with Crippen molar-refractivity contribution in [3.8, 4) is 0 Å². The third-order valence-corrected chi connectivity index (χ3v) is 5.01. The first-order valence-electron chi connectivity index (χ1n) is 8.25. The highest BCUT2D eigenvalue weighted by molar-refractivity contribution is 6.07. The zero-order valence-corrected chi connectivity index (χ0v) is 13.5. The lowest BCUT2D eigenvalue weighted by atomic mass is 10.00. The number of ketones is 2. The van der Waals surface area contributed by atoms with Gasteiger partial charge in [-0.25, -0.2) is 0 Å². The van der Waals surface area contributed by atoms with Crippen molar-refractivity contribution in [3.05, 3.63) is 83.9 Å². The molecule has 2 heteroatoms. The molecule has 0 saturated heterocycles. The average Bonchev–Trinajstić information content (AvgIpc) is 3.37. The van der Waals surface area contributed by atoms with Gasteiger partial charge in [-0.2, -0.15) is 0 Å². The Morgan fingerprint density at radius 1 is 0.750 bits per heavy atom. The molecule has 0 aliphatic heterocycles. The molecule has 0 radical (unpaired) electrons. The van der Waals surface area contributed by atoms with Crippen molar-refractivity contribution in [1.29, 1.82) is 0 Å². The van der Waals surface area contributed by atoms with Gasteiger partial charge in [0.15, 0.2) is 5.78 Å². The lowest BCUT2D eigenvalue weighted by Gasteiger charge is -2.03. The van der Waals surface area contributed by atoms with Gasteiger partial charge in [0.05, 0.1) is 0 Å². The highest BCUT2D eigenvalue weighted by Gasteiger charge is 2.57. The fourth-order valence-corrected chi connectivity index (χ4v) is 3.77. The Morgan fingerprint density at radius 3 is 2.12 bits per heavy atom. The standard InChI is InChI=1S/C22H18O2/c1-14(23)19-20(16-8-3-2-4-9-16)21(19)22(24)18-12-11-15-7-5-6-10-17(15)13-18/h2-13,19-21H,1H3/t19-,20-,21-/m0/s1. The molecule has 1 saturated carbocycles. The van der Waals surface area contributed by atoms with E-state index in [1.807, 2.05) is 72.8 Å². The Labute approximate surface area is 141 Å². The summed E-state index contributed by atoms with van der Waals surface area (Å²) in [6.07, 6.45) is 0. The maximum absolute atomic E-state index is 13.0. The highest BCUT2D eigenvalue weighted by Crippen LogP contribution is 2.55. The summed E-state index contributed by atoms with van der Waals surface area (Å²) in [7, 11) is 0. The maximum Gasteiger partial charge on any atom is 0.167 e. The van der Waals surface area contributed by atoms with Crippen LogP contribution in [0.1, 0.15) is 28.8 Å². The Morgan fingerprint density at radius 2 is 1.42 bits per heavy atom. The van der Waals surface area contributed by atoms with Crippen LogP contribution < -0.4 is 0 Å². The first-order valence-corrected chi connectivity index (χ1v) is 8.25. The molecular formula is C22H18O2. The van der Waals surface area contributed by atoms with Gasteiger partial charge < -0.3 is 0 Å². The first kappa shape index (κ1) is 14.8. The fraction of sp³-hybridized carbons (Fsp3) is 0.182. The van der Waals surface area contributed by atoms with Crippen LogP contribution in [-0.2, 0) is 4.79 Å². The summed E-state index contributed by atoms with van der Waals surface area (Å²) in [6, 6.07) is 23.7. The van der Waals surface area contributed by atoms with Crippen molar-refractivity contribution in [2.75, 3.05) is 0 Å². The monoisotopic (exact) mass is 314 g/mol. The summed E-state index contributed by atoms with van der Waals surface area (Å²) in [4.78, 5) is 25.0. The van der Waals surface area contributed by atoms with Crippen molar-refractivity contribution in [3.63, 3.8) is 0 Å². The molecule has 0 N–H and O–H groups in total. The quantitative estimate of drug-likeness (QED) is 0.657. The zero-order chi connectivity index (χ0) is 16.7. The molecule has 1 aliphatic rings. The molecule has 2 nitrogen and oxygen atoms in total. The number of rotatable bonds is 4. The molecule has 3 aromatic carbocycles. The summed E-state index contributed by atoms with van der Waals surface area (Å²) in [5, 5.41) is 2.17. The minimum absolute atomic E-state index is 0.0164. The molecule has 0 spiro atoms. The second-order valence-electron chi connectivity index (χ2n) is 6.52. The van der Waals surface area contributed by atoms with Crippen LogP contribution in [0.15, 0.2) is 72.8 Å². The Kier molecular flexibility index (Phi) is 3.53. The van der Waals surface area contributed by atoms with Gasteiger partial charge in [0, 0.05) is 23.3 Å². The minimum atomic E-state index is -0.230. The van der Waals surface area contributed by atoms with E-state index in [1.54, 1.807) is 6.92 Å². The van der Waals surface area contributed by atoms with E-state index in [-0.39, 0.29) is 29.3 Å². The van der Waals surface area contributed by atoms with Crippen LogP contribution >= 0.6 is 0 Å². The van der Waals surface area contributed by atoms with E-state index in [2.05, 4.69) is 0 Å². The molecule has 24 heavy (non-hydrogen) atoms. The molecule has 0 bridgehead atoms. The van der Waals surface area contributed by atoms with Crippen LogP contribution in [0.3, 0.4) is 0 Å². The molecule has 0 amide bonds. The van der Waals surface area contributed by atoms with Gasteiger partial charge in [0.2, 0.25) is 0 Å². The number of benzene rings is 3. The molecule has 118 valence electrons. The smallest absolute Gasteiger partial charge is 0.167 e. The minimum Gasteiger partial charge on any atom is -0.300 e. The Hall–Kier alpha value is -2.74. The summed E-state index contributed by atoms with van der Waals surface area (Å²) < 4.78 is 0. The van der Waals surface area contributed by atoms with Crippen LogP contribution in [0, 0.1) is 11.8 Å². The number of carbonyl (C=O) groups is 2. The predicted octanol–water partition coefficient (Wildman–Crippen LogP) is 4.64. The molecule has 0 unspecified atom stereocenters. The van der Waals surface area contributed by atoms with Crippen LogP contribution in [0.4, 0.5) is 0 Å². The van der Waals surface area contributed by atoms with Crippen LogP contribution in [0.2, 0.25) is 0 Å². The van der Waals surface area contributed by atoms with Gasteiger partial charge in [-0.1, -0.05) is 66.7 Å². The normalized spacial score (nSPS) is 22.3. The van der Waals surface area contributed by atoms with Gasteiger partial charge in [-0.3, -0.25) is 9.59 Å². The van der Waals surface area contributed by atoms with Gasteiger partial charge in [0.25, 0.3) is 0 Å². The van der Waals surface area contributed by atoms with Gasteiger partial charge in [-0.05, 0) is 29.3 Å². The second kappa shape index (κ2) is 5.72. The molecule has 1 fully saturated rings. The number of carbonyl (C=O) groups excluding carboxylic acids is 2. The van der Waals surface area contributed by atoms with E-state index >= 15 is 0 Å². The van der Waals surface area contributed by atoms with Gasteiger partial charge >= 0.3 is 0 Å². The number of fused-ring (bicyclic) bond motifs is 1. The third kappa shape index (κ3) is 2.44. The van der Waals surface area contributed by atoms with Crippen molar-refractivity contribution >= 4 is 22.3 Å². The van der Waals surface area contributed by atoms with E-state index in [1.165, 1.54) is 0 Å². The van der Waals surface area contributed by atoms with E-state index in [0.717, 1.165) is 16.3 Å². The second-order valence-corrected chi connectivity index (χ2v) is 6.52. The van der Waals surface area contributed by atoms with Crippen LogP contribution in [-0.4, -0.2) is 11.6 Å². The topological polar surface area (TPSA) is 34.1 Å². The molecule has 1 aliphatic carbocycles. The van der Waals surface area contributed by atoms with E-state index in [0.29, 0.717) is 5.56 Å². The van der Waals surface area contributed by atoms with Gasteiger partial charge in [-0.15, -0.1) is 0 Å². The number of hydrogen-bond donors (Lipinski definition) is 0. The van der Waals surface area contributed by atoms with Gasteiger partial charge in [0.1, 0.15) is 5.78 Å². The Balaban J connectivity index is 1.68. The van der Waals surface area contributed by atoms with Crippen molar-refractivity contribution in [1.82, 2.24) is 0 Å². The summed E-state index contributed by atoms with van der Waals surface area (Å²) >= 11 is 0. The summed E-state index contributed by atoms with van der Waals surface area (Å²) in [6.45, 7) is 1.59. The van der Waals surface area contributed by atoms with Crippen molar-refractivity contribution in [2.24, 2.45) is 11.8 Å². The van der Waals surface area contributed by atoms with Crippen LogP contribution in [0.25, 0.3) is 10.8 Å². The predicted molar refractivity (Wildman–Crippen MR) is 95.1 cm³/mol. The molecule has 0 heterocycles. The maximum atomic E-state index is 13.0. The number of Topliss-reactive ketones (excluding diaryl/α,β-unsaturated/α-hetero) is 2. The third-order valence-electron chi connectivity index (χ3n) is 5.01. The molecule has 3 atom stereocenters. The van der Waals surface area contributed by atoms with Crippen molar-refractivity contribution in [2.45, 2.75) is 12.8 Å². The van der Waals surface area contributed by atoms with E-state index in [4.69, 9.17) is 0 Å². The molecule has 0 aromatic heterocycles.